The minimum Gasteiger partial charge on any atom is -0.497 e. The summed E-state index contributed by atoms with van der Waals surface area (Å²) in [7, 11) is 1.61. The van der Waals surface area contributed by atoms with E-state index in [0.717, 1.165) is 23.5 Å². The molecule has 1 amide bonds. The van der Waals surface area contributed by atoms with Crippen LogP contribution in [-0.2, 0) is 11.2 Å². The molecule has 0 saturated carbocycles. The molecule has 2 aromatic carbocycles. The molecule has 2 aromatic rings. The van der Waals surface area contributed by atoms with E-state index < -0.39 is 5.91 Å². The normalized spacial score (nSPS) is 11.9. The van der Waals surface area contributed by atoms with Crippen LogP contribution in [-0.4, -0.2) is 26.2 Å². The Labute approximate surface area is 172 Å². The molecule has 0 saturated heterocycles. The molecule has 29 heavy (non-hydrogen) atoms. The van der Waals surface area contributed by atoms with Crippen molar-refractivity contribution in [2.45, 2.75) is 26.3 Å². The summed E-state index contributed by atoms with van der Waals surface area (Å²) in [4.78, 5) is 12.3. The van der Waals surface area contributed by atoms with Crippen molar-refractivity contribution in [3.8, 4) is 17.6 Å². The van der Waals surface area contributed by atoms with Crippen molar-refractivity contribution in [1.29, 1.82) is 5.26 Å². The molecule has 1 atom stereocenters. The fraction of sp³-hybridized carbons (Fsp3) is 0.304. The third kappa shape index (κ3) is 6.89. The first kappa shape index (κ1) is 21.8. The van der Waals surface area contributed by atoms with E-state index in [1.54, 1.807) is 7.11 Å². The molecule has 1 unspecified atom stereocenters. The summed E-state index contributed by atoms with van der Waals surface area (Å²) in [6, 6.07) is 17.1. The van der Waals surface area contributed by atoms with Crippen LogP contribution in [0.15, 0.2) is 60.3 Å². The molecule has 0 heterocycles. The number of ether oxygens (including phenoxy) is 2. The number of carbonyl (C=O) groups excluding carboxylic acids is 1. The zero-order valence-corrected chi connectivity index (χ0v) is 17.1. The third-order valence-corrected chi connectivity index (χ3v) is 4.42. The quantitative estimate of drug-likeness (QED) is 0.367. The van der Waals surface area contributed by atoms with Crippen molar-refractivity contribution in [2.75, 3.05) is 20.3 Å². The lowest BCUT2D eigenvalue weighted by Crippen LogP contribution is -2.29. The van der Waals surface area contributed by atoms with Crippen molar-refractivity contribution in [1.82, 2.24) is 10.6 Å². The van der Waals surface area contributed by atoms with E-state index in [4.69, 9.17) is 9.47 Å². The fourth-order valence-corrected chi connectivity index (χ4v) is 2.62. The summed E-state index contributed by atoms with van der Waals surface area (Å²) in [6.07, 6.45) is 2.38. The highest BCUT2D eigenvalue weighted by atomic mass is 16.5. The van der Waals surface area contributed by atoms with Crippen LogP contribution in [0.4, 0.5) is 0 Å². The van der Waals surface area contributed by atoms with Gasteiger partial charge in [0.05, 0.1) is 13.2 Å². The van der Waals surface area contributed by atoms with Gasteiger partial charge in [-0.2, -0.15) is 5.26 Å². The van der Waals surface area contributed by atoms with Crippen LogP contribution in [0.3, 0.4) is 0 Å². The van der Waals surface area contributed by atoms with E-state index in [0.29, 0.717) is 13.2 Å². The van der Waals surface area contributed by atoms with Gasteiger partial charge in [-0.05, 0) is 48.7 Å². The van der Waals surface area contributed by atoms with E-state index in [2.05, 4.69) is 17.6 Å². The highest BCUT2D eigenvalue weighted by Crippen LogP contribution is 2.17. The first-order valence-corrected chi connectivity index (χ1v) is 9.57. The number of hydrogen-bond donors (Lipinski definition) is 2. The number of nitrogens with one attached hydrogen (secondary N) is 2. The Balaban J connectivity index is 1.79. The zero-order chi connectivity index (χ0) is 21.1. The molecular weight excluding hydrogens is 366 g/mol. The topological polar surface area (TPSA) is 83.4 Å². The van der Waals surface area contributed by atoms with Gasteiger partial charge < -0.3 is 20.1 Å². The van der Waals surface area contributed by atoms with Gasteiger partial charge in [0.2, 0.25) is 0 Å². The number of methoxy groups -OCH3 is 1. The molecular formula is C23H27N3O3. The summed E-state index contributed by atoms with van der Waals surface area (Å²) in [6.45, 7) is 4.84. The van der Waals surface area contributed by atoms with Gasteiger partial charge in [-0.25, -0.2) is 0 Å². The predicted molar refractivity (Wildman–Crippen MR) is 113 cm³/mol. The van der Waals surface area contributed by atoms with E-state index in [1.165, 1.54) is 11.8 Å². The summed E-state index contributed by atoms with van der Waals surface area (Å²) in [5, 5.41) is 15.1. The van der Waals surface area contributed by atoms with Gasteiger partial charge in [-0.1, -0.05) is 31.2 Å². The molecule has 0 aliphatic heterocycles. The highest BCUT2D eigenvalue weighted by Gasteiger charge is 2.13. The maximum Gasteiger partial charge on any atom is 0.263 e. The lowest BCUT2D eigenvalue weighted by molar-refractivity contribution is -0.117. The average Bonchev–Trinajstić information content (AvgIpc) is 2.76. The third-order valence-electron chi connectivity index (χ3n) is 4.42. The Hall–Kier alpha value is -3.46. The number of nitriles is 1. The first-order valence-electron chi connectivity index (χ1n) is 9.57. The predicted octanol–water partition coefficient (Wildman–Crippen LogP) is 3.51. The van der Waals surface area contributed by atoms with E-state index in [-0.39, 0.29) is 11.6 Å². The second-order valence-corrected chi connectivity index (χ2v) is 6.44. The van der Waals surface area contributed by atoms with Crippen molar-refractivity contribution in [2.24, 2.45) is 0 Å². The lowest BCUT2D eigenvalue weighted by atomic mass is 10.0. The van der Waals surface area contributed by atoms with Crippen molar-refractivity contribution in [3.63, 3.8) is 0 Å². The molecule has 152 valence electrons. The Kier molecular flexibility index (Phi) is 8.58. The Morgan fingerprint density at radius 3 is 2.38 bits per heavy atom. The van der Waals surface area contributed by atoms with Gasteiger partial charge in [0.25, 0.3) is 5.91 Å². The second kappa shape index (κ2) is 11.4. The van der Waals surface area contributed by atoms with Gasteiger partial charge in [-0.3, -0.25) is 4.79 Å². The SMILES string of the molecule is CCc1ccc(C(C)NC(=O)/C(C#N)=C\NCCOc2ccc(OC)cc2)cc1. The minimum atomic E-state index is -0.414. The summed E-state index contributed by atoms with van der Waals surface area (Å²) in [5.41, 5.74) is 2.26. The van der Waals surface area contributed by atoms with Crippen molar-refractivity contribution in [3.05, 3.63) is 71.4 Å². The fourth-order valence-electron chi connectivity index (χ4n) is 2.62. The Morgan fingerprint density at radius 2 is 1.79 bits per heavy atom. The van der Waals surface area contributed by atoms with Crippen LogP contribution in [0.5, 0.6) is 11.5 Å². The first-order chi connectivity index (χ1) is 14.1. The molecule has 0 fully saturated rings. The zero-order valence-electron chi connectivity index (χ0n) is 17.1. The van der Waals surface area contributed by atoms with Gasteiger partial charge in [-0.15, -0.1) is 0 Å². The van der Waals surface area contributed by atoms with E-state index in [1.807, 2.05) is 61.5 Å². The largest absolute Gasteiger partial charge is 0.497 e. The number of rotatable bonds is 10. The Morgan fingerprint density at radius 1 is 1.14 bits per heavy atom. The van der Waals surface area contributed by atoms with Gasteiger partial charge >= 0.3 is 0 Å². The molecule has 0 bridgehead atoms. The monoisotopic (exact) mass is 393 g/mol. The summed E-state index contributed by atoms with van der Waals surface area (Å²) < 4.78 is 10.7. The molecule has 0 radical (unpaired) electrons. The highest BCUT2D eigenvalue weighted by molar-refractivity contribution is 5.97. The smallest absolute Gasteiger partial charge is 0.263 e. The van der Waals surface area contributed by atoms with Crippen molar-refractivity contribution < 1.29 is 14.3 Å². The number of carbonyl (C=O) groups is 1. The average molecular weight is 393 g/mol. The number of aryl methyl sites for hydroxylation is 1. The molecule has 6 heteroatoms. The van der Waals surface area contributed by atoms with Crippen LogP contribution in [0, 0.1) is 11.3 Å². The van der Waals surface area contributed by atoms with Crippen molar-refractivity contribution >= 4 is 5.91 Å². The standard InChI is InChI=1S/C23H27N3O3/c1-4-18-5-7-19(8-6-18)17(2)26-23(27)20(15-24)16-25-13-14-29-22-11-9-21(28-3)10-12-22/h5-12,16-17,25H,4,13-14H2,1-3H3,(H,26,27)/b20-16-. The Bertz CT molecular complexity index is 852. The van der Waals surface area contributed by atoms with Crippen LogP contribution < -0.4 is 20.1 Å². The maximum absolute atomic E-state index is 12.3. The molecule has 0 aromatic heterocycles. The number of hydrogen-bond acceptors (Lipinski definition) is 5. The number of benzene rings is 2. The van der Waals surface area contributed by atoms with Gasteiger partial charge in [0.15, 0.2) is 0 Å². The number of nitrogens with zero attached hydrogens (tertiary/aromatic N) is 1. The molecule has 0 aliphatic rings. The molecule has 6 nitrogen and oxygen atoms in total. The van der Waals surface area contributed by atoms with Crippen LogP contribution in [0.2, 0.25) is 0 Å². The molecule has 0 aliphatic carbocycles. The molecule has 2 N–H and O–H groups in total. The van der Waals surface area contributed by atoms with Crippen LogP contribution in [0.1, 0.15) is 31.0 Å². The maximum atomic E-state index is 12.3. The number of amides is 1. The summed E-state index contributed by atoms with van der Waals surface area (Å²) in [5.74, 6) is 1.07. The van der Waals surface area contributed by atoms with E-state index in [9.17, 15) is 10.1 Å². The van der Waals surface area contributed by atoms with E-state index >= 15 is 0 Å². The molecule has 0 spiro atoms. The van der Waals surface area contributed by atoms with Crippen LogP contribution in [0.25, 0.3) is 0 Å². The second-order valence-electron chi connectivity index (χ2n) is 6.44. The summed E-state index contributed by atoms with van der Waals surface area (Å²) >= 11 is 0. The lowest BCUT2D eigenvalue weighted by Gasteiger charge is -2.14. The molecule has 2 rings (SSSR count). The minimum absolute atomic E-state index is 0.0199. The van der Waals surface area contributed by atoms with Gasteiger partial charge in [0.1, 0.15) is 29.7 Å². The van der Waals surface area contributed by atoms with Crippen LogP contribution >= 0.6 is 0 Å². The van der Waals surface area contributed by atoms with Gasteiger partial charge in [0, 0.05) is 12.7 Å².